The molecule has 3 rings (SSSR count). The molecule has 0 heterocycles. The van der Waals surface area contributed by atoms with E-state index in [2.05, 4.69) is 5.32 Å². The quantitative estimate of drug-likeness (QED) is 0.711. The average molecular weight is 335 g/mol. The van der Waals surface area contributed by atoms with Crippen molar-refractivity contribution in [1.82, 2.24) is 5.32 Å². The number of nitrogens with one attached hydrogen (secondary N) is 1. The van der Waals surface area contributed by atoms with Gasteiger partial charge in [0.05, 0.1) is 6.61 Å². The molecule has 0 fully saturated rings. The maximum Gasteiger partial charge on any atom is 0.258 e. The summed E-state index contributed by atoms with van der Waals surface area (Å²) in [6.07, 6.45) is 0. The van der Waals surface area contributed by atoms with Crippen LogP contribution in [0.2, 0.25) is 0 Å². The van der Waals surface area contributed by atoms with E-state index in [-0.39, 0.29) is 12.5 Å². The number of rotatable bonds is 7. The summed E-state index contributed by atoms with van der Waals surface area (Å²) in [4.78, 5) is 12.0. The van der Waals surface area contributed by atoms with Crippen LogP contribution in [0.25, 0.3) is 10.8 Å². The van der Waals surface area contributed by atoms with Crippen LogP contribution in [0.15, 0.2) is 66.7 Å². The third-order valence-corrected chi connectivity index (χ3v) is 3.79. The molecule has 0 aliphatic carbocycles. The van der Waals surface area contributed by atoms with Gasteiger partial charge >= 0.3 is 0 Å². The van der Waals surface area contributed by atoms with Gasteiger partial charge in [0.2, 0.25) is 0 Å². The number of benzene rings is 3. The lowest BCUT2D eigenvalue weighted by Crippen LogP contribution is -2.28. The highest BCUT2D eigenvalue weighted by Crippen LogP contribution is 2.20. The van der Waals surface area contributed by atoms with E-state index in [0.29, 0.717) is 18.9 Å². The lowest BCUT2D eigenvalue weighted by molar-refractivity contribution is -0.123. The summed E-state index contributed by atoms with van der Waals surface area (Å²) >= 11 is 0. The zero-order valence-electron chi connectivity index (χ0n) is 14.2. The van der Waals surface area contributed by atoms with Crippen LogP contribution >= 0.6 is 0 Å². The van der Waals surface area contributed by atoms with Gasteiger partial charge in [0.25, 0.3) is 5.91 Å². The number of carbonyl (C=O) groups is 1. The maximum absolute atomic E-state index is 12.0. The van der Waals surface area contributed by atoms with Gasteiger partial charge in [-0.1, -0.05) is 42.5 Å². The molecule has 3 aromatic rings. The molecule has 3 aromatic carbocycles. The van der Waals surface area contributed by atoms with Gasteiger partial charge in [-0.15, -0.1) is 0 Å². The van der Waals surface area contributed by atoms with E-state index in [9.17, 15) is 4.79 Å². The first-order valence-electron chi connectivity index (χ1n) is 8.34. The van der Waals surface area contributed by atoms with Gasteiger partial charge in [-0.25, -0.2) is 0 Å². The summed E-state index contributed by atoms with van der Waals surface area (Å²) in [5, 5.41) is 5.09. The van der Waals surface area contributed by atoms with Gasteiger partial charge in [-0.3, -0.25) is 4.79 Å². The maximum atomic E-state index is 12.0. The number of fused-ring (bicyclic) bond motifs is 1. The number of carbonyl (C=O) groups excluding carboxylic acids is 1. The Morgan fingerprint density at radius 3 is 2.52 bits per heavy atom. The van der Waals surface area contributed by atoms with Crippen LogP contribution in [-0.4, -0.2) is 19.1 Å². The van der Waals surface area contributed by atoms with Crippen LogP contribution in [0.1, 0.15) is 12.5 Å². The van der Waals surface area contributed by atoms with Crippen molar-refractivity contribution in [2.75, 3.05) is 13.2 Å². The van der Waals surface area contributed by atoms with E-state index in [1.54, 1.807) is 0 Å². The second-order valence-electron chi connectivity index (χ2n) is 5.65. The molecule has 1 N–H and O–H groups in total. The fraction of sp³-hybridized carbons (Fsp3) is 0.190. The molecule has 0 saturated carbocycles. The van der Waals surface area contributed by atoms with Crippen LogP contribution < -0.4 is 14.8 Å². The van der Waals surface area contributed by atoms with Crippen LogP contribution in [0.4, 0.5) is 0 Å². The van der Waals surface area contributed by atoms with Gasteiger partial charge in [-0.2, -0.15) is 0 Å². The minimum atomic E-state index is -0.157. The Balaban J connectivity index is 1.51. The summed E-state index contributed by atoms with van der Waals surface area (Å²) in [7, 11) is 0. The first-order chi connectivity index (χ1) is 12.2. The molecule has 0 bridgehead atoms. The monoisotopic (exact) mass is 335 g/mol. The van der Waals surface area contributed by atoms with Gasteiger partial charge < -0.3 is 14.8 Å². The molecule has 0 aromatic heterocycles. The Labute approximate surface area is 147 Å². The number of hydrogen-bond donors (Lipinski definition) is 1. The third kappa shape index (κ3) is 4.73. The number of hydrogen-bond acceptors (Lipinski definition) is 3. The Bertz CT molecular complexity index is 860. The summed E-state index contributed by atoms with van der Waals surface area (Å²) in [6.45, 7) is 3.00. The first kappa shape index (κ1) is 16.8. The van der Waals surface area contributed by atoms with Crippen molar-refractivity contribution >= 4 is 16.7 Å². The zero-order chi connectivity index (χ0) is 17.5. The average Bonchev–Trinajstić information content (AvgIpc) is 2.65. The smallest absolute Gasteiger partial charge is 0.258 e. The molecule has 0 saturated heterocycles. The summed E-state index contributed by atoms with van der Waals surface area (Å²) in [5.74, 6) is 1.34. The molecule has 128 valence electrons. The summed E-state index contributed by atoms with van der Waals surface area (Å²) < 4.78 is 11.0. The molecule has 0 atom stereocenters. The largest absolute Gasteiger partial charge is 0.494 e. The van der Waals surface area contributed by atoms with E-state index in [1.807, 2.05) is 73.7 Å². The minimum Gasteiger partial charge on any atom is -0.494 e. The highest BCUT2D eigenvalue weighted by molar-refractivity contribution is 5.84. The lowest BCUT2D eigenvalue weighted by Gasteiger charge is -2.09. The molecule has 0 aliphatic rings. The van der Waals surface area contributed by atoms with Crippen LogP contribution in [-0.2, 0) is 11.3 Å². The molecule has 4 nitrogen and oxygen atoms in total. The topological polar surface area (TPSA) is 47.6 Å². The summed E-state index contributed by atoms with van der Waals surface area (Å²) in [5.41, 5.74) is 0.991. The van der Waals surface area contributed by atoms with Gasteiger partial charge in [0.1, 0.15) is 11.5 Å². The molecule has 0 spiro atoms. The van der Waals surface area contributed by atoms with E-state index in [1.165, 1.54) is 0 Å². The first-order valence-corrected chi connectivity index (χ1v) is 8.34. The molecule has 0 aliphatic heterocycles. The Hall–Kier alpha value is -3.01. The predicted molar refractivity (Wildman–Crippen MR) is 98.9 cm³/mol. The number of amides is 1. The van der Waals surface area contributed by atoms with Crippen LogP contribution in [0.3, 0.4) is 0 Å². The van der Waals surface area contributed by atoms with Crippen molar-refractivity contribution < 1.29 is 14.3 Å². The second-order valence-corrected chi connectivity index (χ2v) is 5.65. The minimum absolute atomic E-state index is 0.0104. The normalized spacial score (nSPS) is 10.4. The molecular weight excluding hydrogens is 314 g/mol. The third-order valence-electron chi connectivity index (χ3n) is 3.79. The van der Waals surface area contributed by atoms with Gasteiger partial charge in [-0.05, 0) is 47.5 Å². The van der Waals surface area contributed by atoms with Crippen molar-refractivity contribution in [3.05, 3.63) is 72.3 Å². The predicted octanol–water partition coefficient (Wildman–Crippen LogP) is 3.93. The van der Waals surface area contributed by atoms with E-state index in [4.69, 9.17) is 9.47 Å². The van der Waals surface area contributed by atoms with Crippen molar-refractivity contribution in [2.45, 2.75) is 13.5 Å². The second kappa shape index (κ2) is 8.20. The van der Waals surface area contributed by atoms with Crippen LogP contribution in [0, 0.1) is 0 Å². The van der Waals surface area contributed by atoms with Crippen LogP contribution in [0.5, 0.6) is 11.5 Å². The Morgan fingerprint density at radius 2 is 1.68 bits per heavy atom. The standard InChI is InChI=1S/C21H21NO3/c1-2-24-19-9-5-6-16(12-19)14-22-21(23)15-25-20-11-10-17-7-3-4-8-18(17)13-20/h3-13H,2,14-15H2,1H3,(H,22,23). The fourth-order valence-electron chi connectivity index (χ4n) is 2.57. The molecule has 0 unspecified atom stereocenters. The highest BCUT2D eigenvalue weighted by atomic mass is 16.5. The number of ether oxygens (including phenoxy) is 2. The molecule has 0 radical (unpaired) electrons. The highest BCUT2D eigenvalue weighted by Gasteiger charge is 2.04. The lowest BCUT2D eigenvalue weighted by atomic mass is 10.1. The van der Waals surface area contributed by atoms with E-state index < -0.39 is 0 Å². The summed E-state index contributed by atoms with van der Waals surface area (Å²) in [6, 6.07) is 21.5. The molecule has 4 heteroatoms. The van der Waals surface area contributed by atoms with Crippen molar-refractivity contribution in [2.24, 2.45) is 0 Å². The Morgan fingerprint density at radius 1 is 0.880 bits per heavy atom. The SMILES string of the molecule is CCOc1cccc(CNC(=O)COc2ccc3ccccc3c2)c1. The van der Waals surface area contributed by atoms with E-state index in [0.717, 1.165) is 22.1 Å². The van der Waals surface area contributed by atoms with Gasteiger partial charge in [0.15, 0.2) is 6.61 Å². The molecule has 1 amide bonds. The zero-order valence-corrected chi connectivity index (χ0v) is 14.2. The fourth-order valence-corrected chi connectivity index (χ4v) is 2.57. The van der Waals surface area contributed by atoms with E-state index >= 15 is 0 Å². The Kier molecular flexibility index (Phi) is 5.52. The van der Waals surface area contributed by atoms with Crippen molar-refractivity contribution in [3.63, 3.8) is 0 Å². The van der Waals surface area contributed by atoms with Gasteiger partial charge in [0, 0.05) is 6.54 Å². The molecule has 25 heavy (non-hydrogen) atoms. The van der Waals surface area contributed by atoms with Crippen molar-refractivity contribution in [1.29, 1.82) is 0 Å². The molecular formula is C21H21NO3. The van der Waals surface area contributed by atoms with Crippen molar-refractivity contribution in [3.8, 4) is 11.5 Å².